The SMILES string of the molecule is C/C(C#[N+]C(C)c1ccc(Cl)cc1)=C\C1CCCC1. The number of rotatable bonds is 2. The molecule has 1 aliphatic carbocycles. The maximum atomic E-state index is 5.88. The van der Waals surface area contributed by atoms with Gasteiger partial charge in [-0.25, -0.2) is 0 Å². The van der Waals surface area contributed by atoms with Crippen LogP contribution in [0.5, 0.6) is 0 Å². The van der Waals surface area contributed by atoms with E-state index in [0.29, 0.717) is 0 Å². The van der Waals surface area contributed by atoms with Crippen LogP contribution in [0.4, 0.5) is 0 Å². The van der Waals surface area contributed by atoms with Gasteiger partial charge in [0.05, 0.1) is 5.57 Å². The van der Waals surface area contributed by atoms with Gasteiger partial charge in [0, 0.05) is 17.5 Å². The maximum Gasteiger partial charge on any atom is 0.306 e. The van der Waals surface area contributed by atoms with Crippen molar-refractivity contribution in [2.24, 2.45) is 5.92 Å². The Bertz CT molecular complexity index is 498. The van der Waals surface area contributed by atoms with Gasteiger partial charge in [-0.1, -0.05) is 35.4 Å². The van der Waals surface area contributed by atoms with Crippen molar-refractivity contribution in [2.75, 3.05) is 0 Å². The van der Waals surface area contributed by atoms with E-state index in [1.54, 1.807) is 0 Å². The van der Waals surface area contributed by atoms with Gasteiger partial charge in [0.25, 0.3) is 6.04 Å². The Balaban J connectivity index is 2.00. The van der Waals surface area contributed by atoms with E-state index in [1.165, 1.54) is 31.2 Å². The lowest BCUT2D eigenvalue weighted by Gasteiger charge is -1.98. The van der Waals surface area contributed by atoms with Crippen molar-refractivity contribution in [1.29, 1.82) is 0 Å². The lowest BCUT2D eigenvalue weighted by atomic mass is 10.1. The Kier molecular flexibility index (Phi) is 5.05. The molecule has 0 amide bonds. The minimum atomic E-state index is 0.129. The molecule has 0 saturated heterocycles. The summed E-state index contributed by atoms with van der Waals surface area (Å²) in [5.74, 6) is 0.744. The molecule has 0 heterocycles. The number of hydrogen-bond donors (Lipinski definition) is 0. The second kappa shape index (κ2) is 6.78. The summed E-state index contributed by atoms with van der Waals surface area (Å²) in [6, 6.07) is 11.2. The predicted molar refractivity (Wildman–Crippen MR) is 82.8 cm³/mol. The van der Waals surface area contributed by atoms with Crippen LogP contribution in [0.15, 0.2) is 35.9 Å². The van der Waals surface area contributed by atoms with Crippen LogP contribution < -0.4 is 0 Å². The average Bonchev–Trinajstić information content (AvgIpc) is 2.89. The van der Waals surface area contributed by atoms with Crippen molar-refractivity contribution in [3.63, 3.8) is 0 Å². The van der Waals surface area contributed by atoms with E-state index in [9.17, 15) is 0 Å². The summed E-state index contributed by atoms with van der Waals surface area (Å²) in [4.78, 5) is 4.50. The van der Waals surface area contributed by atoms with Crippen LogP contribution in [0.25, 0.3) is 4.85 Å². The number of hydrogen-bond acceptors (Lipinski definition) is 0. The highest BCUT2D eigenvalue weighted by Crippen LogP contribution is 2.26. The molecule has 0 bridgehead atoms. The molecular formula is C17H21ClN+. The van der Waals surface area contributed by atoms with E-state index in [-0.39, 0.29) is 6.04 Å². The third-order valence-electron chi connectivity index (χ3n) is 3.67. The fourth-order valence-electron chi connectivity index (χ4n) is 2.53. The maximum absolute atomic E-state index is 5.88. The van der Waals surface area contributed by atoms with Crippen LogP contribution >= 0.6 is 11.6 Å². The Hall–Kier alpha value is -1.26. The summed E-state index contributed by atoms with van der Waals surface area (Å²) in [5.41, 5.74) is 2.33. The summed E-state index contributed by atoms with van der Waals surface area (Å²) in [6.07, 6.45) is 7.71. The molecule has 0 spiro atoms. The molecule has 1 aromatic rings. The summed E-state index contributed by atoms with van der Waals surface area (Å²) in [6.45, 7) is 4.18. The van der Waals surface area contributed by atoms with Gasteiger partial charge in [-0.2, -0.15) is 0 Å². The van der Waals surface area contributed by atoms with Crippen molar-refractivity contribution in [3.05, 3.63) is 51.3 Å². The highest BCUT2D eigenvalue weighted by atomic mass is 35.5. The molecule has 2 rings (SSSR count). The zero-order valence-electron chi connectivity index (χ0n) is 11.7. The van der Waals surface area contributed by atoms with Crippen LogP contribution in [-0.2, 0) is 0 Å². The molecule has 0 radical (unpaired) electrons. The summed E-state index contributed by atoms with van der Waals surface area (Å²) < 4.78 is 0. The van der Waals surface area contributed by atoms with Crippen molar-refractivity contribution in [2.45, 2.75) is 45.6 Å². The summed E-state index contributed by atoms with van der Waals surface area (Å²) in [5, 5.41) is 0.765. The molecule has 0 N–H and O–H groups in total. The van der Waals surface area contributed by atoms with Crippen molar-refractivity contribution in [1.82, 2.24) is 0 Å². The third-order valence-corrected chi connectivity index (χ3v) is 3.92. The van der Waals surface area contributed by atoms with Gasteiger partial charge in [-0.3, -0.25) is 0 Å². The molecule has 1 saturated carbocycles. The van der Waals surface area contributed by atoms with Crippen LogP contribution in [0.1, 0.15) is 51.1 Å². The second-order valence-electron chi connectivity index (χ2n) is 5.36. The standard InChI is InChI=1S/C17H21ClN/c1-13(11-15-5-3-4-6-15)12-19-14(2)16-7-9-17(18)10-8-16/h7-11,14-15H,3-6H2,1-2H3/q+1/b13-11+. The van der Waals surface area contributed by atoms with Gasteiger partial charge in [0.15, 0.2) is 0 Å². The summed E-state index contributed by atoms with van der Waals surface area (Å²) in [7, 11) is 0. The molecule has 1 atom stereocenters. The van der Waals surface area contributed by atoms with E-state index in [4.69, 9.17) is 11.6 Å². The molecular weight excluding hydrogens is 254 g/mol. The predicted octanol–water partition coefficient (Wildman–Crippen LogP) is 5.87. The first-order valence-corrected chi connectivity index (χ1v) is 7.42. The van der Waals surface area contributed by atoms with E-state index >= 15 is 0 Å². The first kappa shape index (κ1) is 14.2. The zero-order chi connectivity index (χ0) is 13.7. The fraction of sp³-hybridized carbons (Fsp3) is 0.471. The fourth-order valence-corrected chi connectivity index (χ4v) is 2.66. The largest absolute Gasteiger partial charge is 0.306 e. The molecule has 1 aromatic carbocycles. The molecule has 0 aliphatic heterocycles. The first-order valence-electron chi connectivity index (χ1n) is 7.05. The van der Waals surface area contributed by atoms with E-state index in [0.717, 1.165) is 16.5 Å². The number of nitrogens with zero attached hydrogens (tertiary/aromatic N) is 1. The number of halogens is 1. The smallest absolute Gasteiger partial charge is 0.0843 e. The van der Waals surface area contributed by atoms with Crippen LogP contribution in [-0.4, -0.2) is 0 Å². The van der Waals surface area contributed by atoms with E-state index < -0.39 is 0 Å². The van der Waals surface area contributed by atoms with Gasteiger partial charge in [0.1, 0.15) is 0 Å². The van der Waals surface area contributed by atoms with Gasteiger partial charge in [-0.15, -0.1) is 0 Å². The molecule has 1 fully saturated rings. The topological polar surface area (TPSA) is 4.36 Å². The average molecular weight is 275 g/mol. The molecule has 1 nitrogen and oxygen atoms in total. The Morgan fingerprint density at radius 3 is 2.58 bits per heavy atom. The molecule has 0 aromatic heterocycles. The lowest BCUT2D eigenvalue weighted by molar-refractivity contribution is 0.682. The van der Waals surface area contributed by atoms with E-state index in [2.05, 4.69) is 30.8 Å². The van der Waals surface area contributed by atoms with Gasteiger partial charge >= 0.3 is 6.07 Å². The van der Waals surface area contributed by atoms with E-state index in [1.807, 2.05) is 24.3 Å². The molecule has 1 aliphatic rings. The molecule has 100 valence electrons. The second-order valence-corrected chi connectivity index (χ2v) is 5.80. The third kappa shape index (κ3) is 4.40. The molecule has 1 unspecified atom stereocenters. The Morgan fingerprint density at radius 2 is 1.95 bits per heavy atom. The van der Waals surface area contributed by atoms with Crippen LogP contribution in [0.3, 0.4) is 0 Å². The quantitative estimate of drug-likeness (QED) is 0.594. The highest BCUT2D eigenvalue weighted by Gasteiger charge is 2.14. The van der Waals surface area contributed by atoms with Crippen molar-refractivity contribution in [3.8, 4) is 6.07 Å². The monoisotopic (exact) mass is 274 g/mol. The highest BCUT2D eigenvalue weighted by molar-refractivity contribution is 6.30. The van der Waals surface area contributed by atoms with Crippen molar-refractivity contribution >= 4 is 11.6 Å². The first-order chi connectivity index (χ1) is 9.15. The molecule has 19 heavy (non-hydrogen) atoms. The number of allylic oxidation sites excluding steroid dienone is 2. The van der Waals surface area contributed by atoms with Crippen molar-refractivity contribution < 1.29 is 0 Å². The van der Waals surface area contributed by atoms with Crippen LogP contribution in [0.2, 0.25) is 5.02 Å². The van der Waals surface area contributed by atoms with Gasteiger partial charge < -0.3 is 0 Å². The van der Waals surface area contributed by atoms with Gasteiger partial charge in [0.2, 0.25) is 0 Å². The van der Waals surface area contributed by atoms with Crippen LogP contribution in [0, 0.1) is 12.0 Å². The Labute approximate surface area is 121 Å². The minimum Gasteiger partial charge on any atom is -0.0843 e. The zero-order valence-corrected chi connectivity index (χ0v) is 12.5. The van der Waals surface area contributed by atoms with Gasteiger partial charge in [-0.05, 0) is 49.9 Å². The Morgan fingerprint density at radius 1 is 1.32 bits per heavy atom. The summed E-state index contributed by atoms with van der Waals surface area (Å²) >= 11 is 5.88. The number of benzene rings is 1. The minimum absolute atomic E-state index is 0.129. The lowest BCUT2D eigenvalue weighted by Crippen LogP contribution is -1.88. The normalized spacial score (nSPS) is 17.9. The molecule has 2 heteroatoms.